The van der Waals surface area contributed by atoms with Gasteiger partial charge in [-0.25, -0.2) is 0 Å². The minimum absolute atomic E-state index is 0.0832. The van der Waals surface area contributed by atoms with Crippen LogP contribution in [0.15, 0.2) is 18.2 Å². The maximum atomic E-state index is 10.4. The topological polar surface area (TPSA) is 37.3 Å². The Morgan fingerprint density at radius 3 is 2.92 bits per heavy atom. The van der Waals surface area contributed by atoms with Crippen molar-refractivity contribution in [1.82, 2.24) is 0 Å². The fourth-order valence-corrected chi connectivity index (χ4v) is 0.941. The molecule has 0 atom stereocenters. The summed E-state index contributed by atoms with van der Waals surface area (Å²) in [5.41, 5.74) is 0.958. The molecule has 0 heterocycles. The Balaban J connectivity index is 3.11. The van der Waals surface area contributed by atoms with E-state index in [4.69, 9.17) is 0 Å². The maximum Gasteiger partial charge on any atom is 0.150 e. The molecule has 0 saturated carbocycles. The van der Waals surface area contributed by atoms with Crippen LogP contribution >= 0.6 is 12.6 Å². The van der Waals surface area contributed by atoms with E-state index >= 15 is 0 Å². The van der Waals surface area contributed by atoms with Crippen LogP contribution in [0.1, 0.15) is 15.9 Å². The summed E-state index contributed by atoms with van der Waals surface area (Å²) in [5, 5.41) is 9.31. The van der Waals surface area contributed by atoms with E-state index in [1.807, 2.05) is 0 Å². The molecule has 0 saturated heterocycles. The molecule has 2 nitrogen and oxygen atoms in total. The molecule has 0 aliphatic rings. The predicted octanol–water partition coefficient (Wildman–Crippen LogP) is 1.49. The highest BCUT2D eigenvalue weighted by Gasteiger charge is 1.98. The number of rotatable bonds is 1. The summed E-state index contributed by atoms with van der Waals surface area (Å²) < 4.78 is 0. The Hall–Kier alpha value is -1.40. The van der Waals surface area contributed by atoms with Gasteiger partial charge in [0.2, 0.25) is 0 Å². The van der Waals surface area contributed by atoms with Crippen molar-refractivity contribution in [2.45, 2.75) is 0 Å². The summed E-state index contributed by atoms with van der Waals surface area (Å²) in [7, 11) is 0. The number of aromatic hydroxyl groups is 1. The van der Waals surface area contributed by atoms with E-state index in [0.717, 1.165) is 0 Å². The molecule has 0 bridgehead atoms. The highest BCUT2D eigenvalue weighted by molar-refractivity contribution is 7.80. The number of benzene rings is 1. The molecule has 1 N–H and O–H groups in total. The predicted molar refractivity (Wildman–Crippen MR) is 54.2 cm³/mol. The van der Waals surface area contributed by atoms with Crippen LogP contribution in [-0.4, -0.2) is 17.1 Å². The molecular weight excluding hydrogens is 184 g/mol. The number of aldehydes is 1. The molecule has 0 radical (unpaired) electrons. The van der Waals surface area contributed by atoms with E-state index in [0.29, 0.717) is 23.2 Å². The highest BCUT2D eigenvalue weighted by Crippen LogP contribution is 2.16. The van der Waals surface area contributed by atoms with Crippen molar-refractivity contribution in [3.8, 4) is 17.6 Å². The first kappa shape index (κ1) is 9.69. The summed E-state index contributed by atoms with van der Waals surface area (Å²) in [5.74, 6) is 5.90. The molecule has 0 aliphatic heterocycles. The second kappa shape index (κ2) is 4.58. The summed E-state index contributed by atoms with van der Waals surface area (Å²) in [6, 6.07) is 4.53. The van der Waals surface area contributed by atoms with E-state index in [2.05, 4.69) is 24.5 Å². The number of hydrogen-bond donors (Lipinski definition) is 2. The zero-order valence-electron chi connectivity index (χ0n) is 6.82. The van der Waals surface area contributed by atoms with Crippen molar-refractivity contribution >= 4 is 18.9 Å². The summed E-state index contributed by atoms with van der Waals surface area (Å²) in [6.45, 7) is 0. The summed E-state index contributed by atoms with van der Waals surface area (Å²) in [4.78, 5) is 10.4. The number of carbonyl (C=O) groups is 1. The number of phenolic OH excluding ortho intramolecular Hbond substituents is 1. The molecule has 0 spiro atoms. The summed E-state index contributed by atoms with van der Waals surface area (Å²) >= 11 is 3.91. The van der Waals surface area contributed by atoms with Crippen LogP contribution in [0.3, 0.4) is 0 Å². The molecule has 1 rings (SSSR count). The monoisotopic (exact) mass is 192 g/mol. The average Bonchev–Trinajstić information content (AvgIpc) is 2.17. The lowest BCUT2D eigenvalue weighted by molar-refractivity contribution is 0.112. The molecular formula is C10H8O2S. The van der Waals surface area contributed by atoms with Gasteiger partial charge in [0.1, 0.15) is 12.0 Å². The van der Waals surface area contributed by atoms with Crippen LogP contribution in [0.4, 0.5) is 0 Å². The third-order valence-electron chi connectivity index (χ3n) is 1.46. The minimum Gasteiger partial charge on any atom is -0.507 e. The largest absolute Gasteiger partial charge is 0.507 e. The van der Waals surface area contributed by atoms with Crippen molar-refractivity contribution in [1.29, 1.82) is 0 Å². The van der Waals surface area contributed by atoms with Crippen LogP contribution in [0.25, 0.3) is 0 Å². The second-order valence-electron chi connectivity index (χ2n) is 2.35. The van der Waals surface area contributed by atoms with Crippen LogP contribution in [0.2, 0.25) is 0 Å². The van der Waals surface area contributed by atoms with Crippen LogP contribution in [0, 0.1) is 11.8 Å². The van der Waals surface area contributed by atoms with Gasteiger partial charge in [0.25, 0.3) is 0 Å². The van der Waals surface area contributed by atoms with Gasteiger partial charge in [0.05, 0.1) is 11.3 Å². The smallest absolute Gasteiger partial charge is 0.150 e. The van der Waals surface area contributed by atoms with Gasteiger partial charge in [-0.2, -0.15) is 12.6 Å². The molecule has 0 aliphatic carbocycles. The van der Waals surface area contributed by atoms with Crippen molar-refractivity contribution in [3.63, 3.8) is 0 Å². The first-order valence-corrected chi connectivity index (χ1v) is 4.29. The Labute approximate surface area is 82.0 Å². The van der Waals surface area contributed by atoms with Crippen LogP contribution in [-0.2, 0) is 0 Å². The van der Waals surface area contributed by atoms with E-state index in [1.54, 1.807) is 6.07 Å². The molecule has 1 aromatic rings. The molecule has 1 aromatic carbocycles. The van der Waals surface area contributed by atoms with Gasteiger partial charge < -0.3 is 5.11 Å². The first-order valence-electron chi connectivity index (χ1n) is 3.66. The first-order chi connectivity index (χ1) is 6.27. The molecule has 0 fully saturated rings. The Bertz CT molecular complexity index is 374. The van der Waals surface area contributed by atoms with Gasteiger partial charge in [-0.15, -0.1) is 0 Å². The van der Waals surface area contributed by atoms with E-state index in [9.17, 15) is 9.90 Å². The van der Waals surface area contributed by atoms with Crippen molar-refractivity contribution in [2.75, 3.05) is 5.75 Å². The summed E-state index contributed by atoms with van der Waals surface area (Å²) in [6.07, 6.45) is 0.714. The van der Waals surface area contributed by atoms with E-state index in [1.165, 1.54) is 12.1 Å². The lowest BCUT2D eigenvalue weighted by Gasteiger charge is -1.96. The highest BCUT2D eigenvalue weighted by atomic mass is 32.1. The maximum absolute atomic E-state index is 10.4. The van der Waals surface area contributed by atoms with Crippen LogP contribution < -0.4 is 0 Å². The zero-order valence-corrected chi connectivity index (χ0v) is 7.71. The van der Waals surface area contributed by atoms with Gasteiger partial charge in [-0.05, 0) is 18.2 Å². The molecule has 0 unspecified atom stereocenters. The average molecular weight is 192 g/mol. The van der Waals surface area contributed by atoms with Gasteiger partial charge in [0, 0.05) is 5.56 Å². The minimum atomic E-state index is 0.0832. The Morgan fingerprint density at radius 1 is 1.54 bits per heavy atom. The molecule has 66 valence electrons. The number of phenols is 1. The Morgan fingerprint density at radius 2 is 2.31 bits per heavy atom. The lowest BCUT2D eigenvalue weighted by atomic mass is 10.1. The molecule has 3 heteroatoms. The van der Waals surface area contributed by atoms with Crippen LogP contribution in [0.5, 0.6) is 5.75 Å². The second-order valence-corrected chi connectivity index (χ2v) is 2.67. The number of hydrogen-bond acceptors (Lipinski definition) is 3. The lowest BCUT2D eigenvalue weighted by Crippen LogP contribution is -1.83. The fraction of sp³-hybridized carbons (Fsp3) is 0.100. The molecule has 0 amide bonds. The molecule has 13 heavy (non-hydrogen) atoms. The third kappa shape index (κ3) is 2.53. The van der Waals surface area contributed by atoms with Gasteiger partial charge in [-0.1, -0.05) is 11.8 Å². The SMILES string of the molecule is O=Cc1ccc(O)c(C#CCS)c1. The van der Waals surface area contributed by atoms with Crippen molar-refractivity contribution in [3.05, 3.63) is 29.3 Å². The number of carbonyl (C=O) groups excluding carboxylic acids is 1. The standard InChI is InChI=1S/C10H8O2S/c11-7-8-3-4-10(12)9(6-8)2-1-5-13/h3-4,6-7,12-13H,5H2. The van der Waals surface area contributed by atoms with Gasteiger partial charge >= 0.3 is 0 Å². The van der Waals surface area contributed by atoms with Crippen molar-refractivity contribution in [2.24, 2.45) is 0 Å². The van der Waals surface area contributed by atoms with Crippen molar-refractivity contribution < 1.29 is 9.90 Å². The quantitative estimate of drug-likeness (QED) is 0.402. The van der Waals surface area contributed by atoms with E-state index < -0.39 is 0 Å². The zero-order chi connectivity index (χ0) is 9.68. The number of thiol groups is 1. The fourth-order valence-electron chi connectivity index (χ4n) is 0.862. The third-order valence-corrected chi connectivity index (χ3v) is 1.62. The van der Waals surface area contributed by atoms with Gasteiger partial charge in [0.15, 0.2) is 0 Å². The van der Waals surface area contributed by atoms with Gasteiger partial charge in [-0.3, -0.25) is 4.79 Å². The normalized spacial score (nSPS) is 8.69. The Kier molecular flexibility index (Phi) is 3.41. The molecule has 0 aromatic heterocycles. The van der Waals surface area contributed by atoms with E-state index in [-0.39, 0.29) is 5.75 Å².